The minimum absolute atomic E-state index is 0.182. The van der Waals surface area contributed by atoms with Crippen molar-refractivity contribution in [3.05, 3.63) is 18.0 Å². The molecule has 0 amide bonds. The van der Waals surface area contributed by atoms with Gasteiger partial charge < -0.3 is 5.11 Å². The van der Waals surface area contributed by atoms with Crippen molar-refractivity contribution in [2.45, 2.75) is 39.7 Å². The molecule has 1 aromatic rings. The highest BCUT2D eigenvalue weighted by molar-refractivity contribution is 5.05. The summed E-state index contributed by atoms with van der Waals surface area (Å²) in [6, 6.07) is 0. The van der Waals surface area contributed by atoms with Gasteiger partial charge >= 0.3 is 0 Å². The Labute approximate surface area is 85.8 Å². The summed E-state index contributed by atoms with van der Waals surface area (Å²) < 4.78 is 1.76. The first-order valence-corrected chi connectivity index (χ1v) is 5.02. The maximum atomic E-state index is 9.81. The molecule has 0 saturated heterocycles. The van der Waals surface area contributed by atoms with Gasteiger partial charge in [-0.25, -0.2) is 0 Å². The second-order valence-electron chi connectivity index (χ2n) is 5.14. The van der Waals surface area contributed by atoms with Gasteiger partial charge in [0.25, 0.3) is 0 Å². The Hall–Kier alpha value is -0.830. The standard InChI is InChI=1S/C11H20N2O/c1-11(2,3)6-10(14)5-9-7-12-13(4)8-9/h7-8,10,14H,5-6H2,1-4H3. The molecule has 0 aliphatic carbocycles. The third-order valence-corrected chi connectivity index (χ3v) is 2.08. The summed E-state index contributed by atoms with van der Waals surface area (Å²) in [5.74, 6) is 0. The molecule has 0 fully saturated rings. The van der Waals surface area contributed by atoms with E-state index in [0.29, 0.717) is 6.42 Å². The van der Waals surface area contributed by atoms with Crippen LogP contribution in [-0.4, -0.2) is 21.0 Å². The molecular formula is C11H20N2O. The molecule has 14 heavy (non-hydrogen) atoms. The zero-order valence-corrected chi connectivity index (χ0v) is 9.49. The Kier molecular flexibility index (Phi) is 3.32. The SMILES string of the molecule is Cn1cc(CC(O)CC(C)(C)C)cn1. The van der Waals surface area contributed by atoms with E-state index in [1.807, 2.05) is 19.4 Å². The van der Waals surface area contributed by atoms with Crippen LogP contribution in [-0.2, 0) is 13.5 Å². The maximum absolute atomic E-state index is 9.81. The van der Waals surface area contributed by atoms with Crippen LogP contribution in [0.15, 0.2) is 12.4 Å². The quantitative estimate of drug-likeness (QED) is 0.800. The molecule has 0 aliphatic rings. The predicted octanol–water partition coefficient (Wildman–Crippen LogP) is 1.76. The van der Waals surface area contributed by atoms with Crippen molar-refractivity contribution in [3.63, 3.8) is 0 Å². The molecule has 1 N–H and O–H groups in total. The molecule has 1 aromatic heterocycles. The highest BCUT2D eigenvalue weighted by Crippen LogP contribution is 2.22. The Morgan fingerprint density at radius 1 is 1.50 bits per heavy atom. The lowest BCUT2D eigenvalue weighted by Gasteiger charge is -2.21. The van der Waals surface area contributed by atoms with Gasteiger partial charge in [0.05, 0.1) is 12.3 Å². The maximum Gasteiger partial charge on any atom is 0.0586 e. The summed E-state index contributed by atoms with van der Waals surface area (Å²) in [4.78, 5) is 0. The Morgan fingerprint density at radius 3 is 2.57 bits per heavy atom. The molecule has 80 valence electrons. The van der Waals surface area contributed by atoms with Gasteiger partial charge in [0.2, 0.25) is 0 Å². The Balaban J connectivity index is 2.45. The molecule has 0 radical (unpaired) electrons. The third-order valence-electron chi connectivity index (χ3n) is 2.08. The molecule has 0 spiro atoms. The summed E-state index contributed by atoms with van der Waals surface area (Å²) in [5.41, 5.74) is 1.28. The van der Waals surface area contributed by atoms with Crippen LogP contribution in [0.4, 0.5) is 0 Å². The van der Waals surface area contributed by atoms with Gasteiger partial charge in [-0.15, -0.1) is 0 Å². The van der Waals surface area contributed by atoms with E-state index in [1.54, 1.807) is 4.68 Å². The molecule has 3 heteroatoms. The molecule has 1 unspecified atom stereocenters. The summed E-state index contributed by atoms with van der Waals surface area (Å²) in [7, 11) is 1.89. The topological polar surface area (TPSA) is 38.0 Å². The number of aliphatic hydroxyl groups is 1. The lowest BCUT2D eigenvalue weighted by atomic mass is 9.87. The number of aromatic nitrogens is 2. The minimum Gasteiger partial charge on any atom is -0.393 e. The average Bonchev–Trinajstić information content (AvgIpc) is 2.30. The van der Waals surface area contributed by atoms with E-state index in [2.05, 4.69) is 25.9 Å². The Morgan fingerprint density at radius 2 is 2.14 bits per heavy atom. The summed E-state index contributed by atoms with van der Waals surface area (Å²) in [5, 5.41) is 13.9. The number of aryl methyl sites for hydroxylation is 1. The van der Waals surface area contributed by atoms with Crippen LogP contribution in [0.1, 0.15) is 32.8 Å². The van der Waals surface area contributed by atoms with Crippen molar-refractivity contribution in [2.75, 3.05) is 0 Å². The Bertz CT molecular complexity index is 286. The number of aliphatic hydroxyl groups excluding tert-OH is 1. The molecule has 0 bridgehead atoms. The van der Waals surface area contributed by atoms with Gasteiger partial charge in [-0.3, -0.25) is 4.68 Å². The van der Waals surface area contributed by atoms with Gasteiger partial charge in [-0.1, -0.05) is 20.8 Å². The fourth-order valence-corrected chi connectivity index (χ4v) is 1.63. The summed E-state index contributed by atoms with van der Waals surface area (Å²) >= 11 is 0. The van der Waals surface area contributed by atoms with Crippen LogP contribution in [0, 0.1) is 5.41 Å². The fourth-order valence-electron chi connectivity index (χ4n) is 1.63. The van der Waals surface area contributed by atoms with Crippen LogP contribution in [0.3, 0.4) is 0 Å². The highest BCUT2D eigenvalue weighted by atomic mass is 16.3. The minimum atomic E-state index is -0.265. The van der Waals surface area contributed by atoms with Crippen molar-refractivity contribution >= 4 is 0 Å². The van der Waals surface area contributed by atoms with E-state index >= 15 is 0 Å². The van der Waals surface area contributed by atoms with Gasteiger partial charge in [0, 0.05) is 19.7 Å². The lowest BCUT2D eigenvalue weighted by molar-refractivity contribution is 0.121. The van der Waals surface area contributed by atoms with E-state index < -0.39 is 0 Å². The van der Waals surface area contributed by atoms with Crippen molar-refractivity contribution in [1.82, 2.24) is 9.78 Å². The van der Waals surface area contributed by atoms with Crippen LogP contribution < -0.4 is 0 Å². The summed E-state index contributed by atoms with van der Waals surface area (Å²) in [6.45, 7) is 6.42. The molecule has 0 aliphatic heterocycles. The van der Waals surface area contributed by atoms with Crippen molar-refractivity contribution < 1.29 is 5.11 Å². The van der Waals surface area contributed by atoms with Gasteiger partial charge in [-0.05, 0) is 17.4 Å². The molecule has 0 saturated carbocycles. The van der Waals surface area contributed by atoms with E-state index in [4.69, 9.17) is 0 Å². The van der Waals surface area contributed by atoms with E-state index in [-0.39, 0.29) is 11.5 Å². The van der Waals surface area contributed by atoms with Gasteiger partial charge in [-0.2, -0.15) is 5.10 Å². The van der Waals surface area contributed by atoms with Gasteiger partial charge in [0.1, 0.15) is 0 Å². The monoisotopic (exact) mass is 196 g/mol. The fraction of sp³-hybridized carbons (Fsp3) is 0.727. The van der Waals surface area contributed by atoms with E-state index in [9.17, 15) is 5.11 Å². The number of hydrogen-bond donors (Lipinski definition) is 1. The highest BCUT2D eigenvalue weighted by Gasteiger charge is 2.17. The van der Waals surface area contributed by atoms with Crippen LogP contribution >= 0.6 is 0 Å². The third kappa shape index (κ3) is 3.92. The van der Waals surface area contributed by atoms with Gasteiger partial charge in [0.15, 0.2) is 0 Å². The first kappa shape index (κ1) is 11.2. The van der Waals surface area contributed by atoms with E-state index in [0.717, 1.165) is 12.0 Å². The van der Waals surface area contributed by atoms with Crippen LogP contribution in [0.2, 0.25) is 0 Å². The number of hydrogen-bond acceptors (Lipinski definition) is 2. The molecule has 1 rings (SSSR count). The van der Waals surface area contributed by atoms with Crippen LogP contribution in [0.5, 0.6) is 0 Å². The molecule has 1 atom stereocenters. The first-order chi connectivity index (χ1) is 6.37. The zero-order valence-electron chi connectivity index (χ0n) is 9.49. The number of nitrogens with zero attached hydrogens (tertiary/aromatic N) is 2. The second-order valence-corrected chi connectivity index (χ2v) is 5.14. The molecule has 0 aromatic carbocycles. The smallest absolute Gasteiger partial charge is 0.0586 e. The summed E-state index contributed by atoms with van der Waals surface area (Å²) in [6.07, 6.45) is 5.02. The molecule has 3 nitrogen and oxygen atoms in total. The van der Waals surface area contributed by atoms with Crippen LogP contribution in [0.25, 0.3) is 0 Å². The largest absolute Gasteiger partial charge is 0.393 e. The predicted molar refractivity (Wildman–Crippen MR) is 57.0 cm³/mol. The molecule has 1 heterocycles. The average molecular weight is 196 g/mol. The second kappa shape index (κ2) is 4.13. The number of rotatable bonds is 3. The van der Waals surface area contributed by atoms with E-state index in [1.165, 1.54) is 0 Å². The molecular weight excluding hydrogens is 176 g/mol. The van der Waals surface area contributed by atoms with Crippen molar-refractivity contribution in [2.24, 2.45) is 12.5 Å². The van der Waals surface area contributed by atoms with Crippen molar-refractivity contribution in [3.8, 4) is 0 Å². The zero-order chi connectivity index (χ0) is 10.8. The normalized spacial score (nSPS) is 14.4. The lowest BCUT2D eigenvalue weighted by Crippen LogP contribution is -2.19. The first-order valence-electron chi connectivity index (χ1n) is 5.02. The van der Waals surface area contributed by atoms with Crippen molar-refractivity contribution in [1.29, 1.82) is 0 Å².